The summed E-state index contributed by atoms with van der Waals surface area (Å²) in [5.74, 6) is 4.18. The topological polar surface area (TPSA) is 0 Å². The standard InChI is InChI=1S/C20H32Se/c1-3-4-16-6-8-17(9-7-16)18-10-12-19(13-11-18)20-14-5-15(2)21-20/h5,14,16-19H,3-4,6-13H2,1-2H3. The summed E-state index contributed by atoms with van der Waals surface area (Å²) in [7, 11) is 0. The first-order valence-corrected chi connectivity index (χ1v) is 11.0. The molecule has 118 valence electrons. The van der Waals surface area contributed by atoms with Crippen molar-refractivity contribution in [1.29, 1.82) is 0 Å². The van der Waals surface area contributed by atoms with Crippen molar-refractivity contribution in [3.63, 3.8) is 0 Å². The van der Waals surface area contributed by atoms with E-state index in [2.05, 4.69) is 26.0 Å². The molecule has 21 heavy (non-hydrogen) atoms. The van der Waals surface area contributed by atoms with Crippen LogP contribution in [-0.2, 0) is 0 Å². The molecule has 2 aliphatic rings. The summed E-state index contributed by atoms with van der Waals surface area (Å²) in [5, 5.41) is 0. The first-order valence-electron chi connectivity index (χ1n) is 9.32. The van der Waals surface area contributed by atoms with Gasteiger partial charge in [-0.1, -0.05) is 0 Å². The number of aryl methyl sites for hydroxylation is 1. The molecule has 2 saturated carbocycles. The zero-order valence-corrected chi connectivity index (χ0v) is 15.7. The molecular weight excluding hydrogens is 319 g/mol. The third-order valence-electron chi connectivity index (χ3n) is 6.19. The summed E-state index contributed by atoms with van der Waals surface area (Å²) >= 11 is 0.704. The minimum absolute atomic E-state index is 0.704. The second-order valence-corrected chi connectivity index (χ2v) is 10.4. The van der Waals surface area contributed by atoms with E-state index in [1.807, 2.05) is 4.44 Å². The average Bonchev–Trinajstić information content (AvgIpc) is 2.95. The fraction of sp³-hybridized carbons (Fsp3) is 0.800. The van der Waals surface area contributed by atoms with Crippen molar-refractivity contribution in [2.45, 2.75) is 84.0 Å². The van der Waals surface area contributed by atoms with Gasteiger partial charge in [0.05, 0.1) is 0 Å². The fourth-order valence-corrected chi connectivity index (χ4v) is 7.10. The van der Waals surface area contributed by atoms with Gasteiger partial charge < -0.3 is 0 Å². The molecule has 3 rings (SSSR count). The van der Waals surface area contributed by atoms with Crippen LogP contribution in [-0.4, -0.2) is 14.5 Å². The zero-order chi connectivity index (χ0) is 14.7. The van der Waals surface area contributed by atoms with Crippen LogP contribution in [0.4, 0.5) is 0 Å². The van der Waals surface area contributed by atoms with Crippen molar-refractivity contribution in [2.75, 3.05) is 0 Å². The second-order valence-electron chi connectivity index (χ2n) is 7.63. The Morgan fingerprint density at radius 1 is 0.905 bits per heavy atom. The van der Waals surface area contributed by atoms with Crippen LogP contribution < -0.4 is 0 Å². The van der Waals surface area contributed by atoms with Crippen LogP contribution in [0.5, 0.6) is 0 Å². The maximum absolute atomic E-state index is 2.45. The number of hydrogen-bond donors (Lipinski definition) is 0. The van der Waals surface area contributed by atoms with Gasteiger partial charge in [-0.2, -0.15) is 0 Å². The first kappa shape index (κ1) is 15.9. The van der Waals surface area contributed by atoms with E-state index in [9.17, 15) is 0 Å². The van der Waals surface area contributed by atoms with Crippen LogP contribution in [0.2, 0.25) is 0 Å². The van der Waals surface area contributed by atoms with Gasteiger partial charge in [0.2, 0.25) is 0 Å². The molecule has 0 saturated heterocycles. The molecule has 0 bridgehead atoms. The zero-order valence-electron chi connectivity index (χ0n) is 13.9. The van der Waals surface area contributed by atoms with Gasteiger partial charge in [-0.3, -0.25) is 0 Å². The normalized spacial score (nSPS) is 34.0. The Morgan fingerprint density at radius 2 is 1.52 bits per heavy atom. The molecule has 1 aromatic rings. The molecule has 2 aliphatic carbocycles. The van der Waals surface area contributed by atoms with Crippen LogP contribution in [0.25, 0.3) is 0 Å². The third-order valence-corrected chi connectivity index (χ3v) is 8.63. The second kappa shape index (κ2) is 7.51. The summed E-state index contributed by atoms with van der Waals surface area (Å²) in [5.41, 5.74) is 0. The van der Waals surface area contributed by atoms with Crippen LogP contribution in [0.1, 0.15) is 85.9 Å². The molecule has 0 aromatic carbocycles. The van der Waals surface area contributed by atoms with Gasteiger partial charge in [0.15, 0.2) is 0 Å². The summed E-state index contributed by atoms with van der Waals surface area (Å²) < 4.78 is 3.44. The van der Waals surface area contributed by atoms with Crippen molar-refractivity contribution >= 4 is 14.5 Å². The maximum atomic E-state index is 2.45. The number of hydrogen-bond acceptors (Lipinski definition) is 0. The Bertz CT molecular complexity index is 417. The van der Waals surface area contributed by atoms with E-state index in [-0.39, 0.29) is 0 Å². The van der Waals surface area contributed by atoms with Crippen molar-refractivity contribution in [3.8, 4) is 0 Å². The molecule has 0 radical (unpaired) electrons. The van der Waals surface area contributed by atoms with E-state index in [4.69, 9.17) is 0 Å². The van der Waals surface area contributed by atoms with Crippen LogP contribution >= 0.6 is 0 Å². The molecule has 1 heterocycles. The van der Waals surface area contributed by atoms with Gasteiger partial charge in [-0.15, -0.1) is 0 Å². The minimum atomic E-state index is 0.704. The Hall–Kier alpha value is -0.000519. The van der Waals surface area contributed by atoms with E-state index in [0.717, 1.165) is 23.7 Å². The quantitative estimate of drug-likeness (QED) is 0.590. The van der Waals surface area contributed by atoms with Gasteiger partial charge in [0.25, 0.3) is 0 Å². The van der Waals surface area contributed by atoms with E-state index >= 15 is 0 Å². The van der Waals surface area contributed by atoms with Crippen LogP contribution in [0, 0.1) is 24.7 Å². The first-order chi connectivity index (χ1) is 10.3. The predicted octanol–water partition coefficient (Wildman–Crippen LogP) is 5.93. The Kier molecular flexibility index (Phi) is 5.68. The van der Waals surface area contributed by atoms with Crippen molar-refractivity contribution in [3.05, 3.63) is 21.0 Å². The van der Waals surface area contributed by atoms with Crippen LogP contribution in [0.3, 0.4) is 0 Å². The summed E-state index contributed by atoms with van der Waals surface area (Å²) in [6, 6.07) is 4.83. The monoisotopic (exact) mass is 352 g/mol. The van der Waals surface area contributed by atoms with Gasteiger partial charge in [-0.25, -0.2) is 0 Å². The number of rotatable bonds is 4. The molecule has 0 atom stereocenters. The molecule has 0 aliphatic heterocycles. The van der Waals surface area contributed by atoms with Crippen molar-refractivity contribution in [2.24, 2.45) is 17.8 Å². The van der Waals surface area contributed by atoms with E-state index < -0.39 is 0 Å². The van der Waals surface area contributed by atoms with E-state index in [1.165, 1.54) is 51.4 Å². The van der Waals surface area contributed by atoms with Gasteiger partial charge in [-0.05, 0) is 0 Å². The molecule has 0 N–H and O–H groups in total. The molecule has 0 unspecified atom stereocenters. The van der Waals surface area contributed by atoms with Gasteiger partial charge >= 0.3 is 137 Å². The Labute approximate surface area is 137 Å². The summed E-state index contributed by atoms with van der Waals surface area (Å²) in [6.07, 6.45) is 15.1. The summed E-state index contributed by atoms with van der Waals surface area (Å²) in [6.45, 7) is 4.66. The van der Waals surface area contributed by atoms with Crippen molar-refractivity contribution < 1.29 is 0 Å². The fourth-order valence-electron chi connectivity index (χ4n) is 4.90. The SMILES string of the molecule is CCCC1CCC(C2CCC(c3ccc(C)[se]3)CC2)CC1. The summed E-state index contributed by atoms with van der Waals surface area (Å²) in [4.78, 5) is 0. The Morgan fingerprint density at radius 3 is 2.05 bits per heavy atom. The molecular formula is C20H32Se. The van der Waals surface area contributed by atoms with Gasteiger partial charge in [0.1, 0.15) is 0 Å². The molecule has 2 fully saturated rings. The Balaban J connectivity index is 1.46. The van der Waals surface area contributed by atoms with E-state index in [1.54, 1.807) is 17.3 Å². The molecule has 1 aromatic heterocycles. The predicted molar refractivity (Wildman–Crippen MR) is 93.2 cm³/mol. The van der Waals surface area contributed by atoms with E-state index in [0.29, 0.717) is 14.5 Å². The third kappa shape index (κ3) is 4.05. The molecule has 0 amide bonds. The van der Waals surface area contributed by atoms with Crippen LogP contribution in [0.15, 0.2) is 12.1 Å². The molecule has 0 nitrogen and oxygen atoms in total. The average molecular weight is 351 g/mol. The molecule has 1 heteroatoms. The van der Waals surface area contributed by atoms with Crippen molar-refractivity contribution in [1.82, 2.24) is 0 Å². The van der Waals surface area contributed by atoms with Gasteiger partial charge in [0, 0.05) is 0 Å². The molecule has 0 spiro atoms.